The smallest absolute Gasteiger partial charge is 0.748 e. The molecule has 0 aromatic carbocycles. The fourth-order valence-electron chi connectivity index (χ4n) is 2.41. The molecule has 23 heavy (non-hydrogen) atoms. The van der Waals surface area contributed by atoms with Crippen molar-refractivity contribution in [2.24, 2.45) is 0 Å². The van der Waals surface area contributed by atoms with Crippen LogP contribution in [-0.4, -0.2) is 30.7 Å². The zero-order valence-electron chi connectivity index (χ0n) is 14.7. The van der Waals surface area contributed by atoms with Crippen LogP contribution in [0.15, 0.2) is 12.7 Å². The molecule has 5 nitrogen and oxygen atoms in total. The van der Waals surface area contributed by atoms with E-state index >= 15 is 0 Å². The number of hydrogen-bond donors (Lipinski definition) is 1. The molecule has 0 bridgehead atoms. The summed E-state index contributed by atoms with van der Waals surface area (Å²) >= 11 is 0. The van der Waals surface area contributed by atoms with Crippen LogP contribution in [0.4, 0.5) is 0 Å². The first-order chi connectivity index (χ1) is 10.4. The van der Waals surface area contributed by atoms with E-state index in [0.29, 0.717) is 6.42 Å². The number of hydrogen-bond acceptors (Lipinski definition) is 4. The van der Waals surface area contributed by atoms with Gasteiger partial charge in [-0.2, -0.15) is 0 Å². The molecule has 1 amide bonds. The molecule has 0 aromatic heterocycles. The first-order valence-electron chi connectivity index (χ1n) is 8.25. The molecule has 0 rings (SSSR count). The molecule has 0 aliphatic carbocycles. The van der Waals surface area contributed by atoms with Crippen molar-refractivity contribution in [3.63, 3.8) is 0 Å². The van der Waals surface area contributed by atoms with Crippen LogP contribution in [0.3, 0.4) is 0 Å². The Morgan fingerprint density at radius 2 is 1.57 bits per heavy atom. The van der Waals surface area contributed by atoms with E-state index in [4.69, 9.17) is 0 Å². The number of carbonyl (C=O) groups is 1. The zero-order valence-corrected chi connectivity index (χ0v) is 17.5. The van der Waals surface area contributed by atoms with Crippen LogP contribution in [0, 0.1) is 0 Å². The summed E-state index contributed by atoms with van der Waals surface area (Å²) in [6.45, 7) is 5.52. The largest absolute Gasteiger partial charge is 1.00 e. The Morgan fingerprint density at radius 3 is 2.00 bits per heavy atom. The van der Waals surface area contributed by atoms with E-state index in [2.05, 4.69) is 18.8 Å². The summed E-state index contributed by atoms with van der Waals surface area (Å²) in [6.07, 6.45) is 12.1. The number of unbranched alkanes of at least 4 members (excludes halogenated alkanes) is 8. The van der Waals surface area contributed by atoms with Gasteiger partial charge in [0.05, 0.1) is 15.9 Å². The van der Waals surface area contributed by atoms with Gasteiger partial charge in [-0.05, 0) is 12.5 Å². The minimum absolute atomic E-state index is 0. The van der Waals surface area contributed by atoms with E-state index in [1.807, 2.05) is 0 Å². The zero-order chi connectivity index (χ0) is 16.8. The maximum atomic E-state index is 11.2. The second kappa shape index (κ2) is 15.6. The minimum atomic E-state index is -4.34. The van der Waals surface area contributed by atoms with E-state index in [0.717, 1.165) is 25.3 Å². The minimum Gasteiger partial charge on any atom is -0.748 e. The third kappa shape index (κ3) is 18.3. The molecule has 1 unspecified atom stereocenters. The van der Waals surface area contributed by atoms with Gasteiger partial charge < -0.3 is 9.87 Å². The van der Waals surface area contributed by atoms with Gasteiger partial charge in [0.15, 0.2) is 0 Å². The van der Waals surface area contributed by atoms with Crippen molar-refractivity contribution in [3.8, 4) is 0 Å². The van der Waals surface area contributed by atoms with Crippen LogP contribution in [0.25, 0.3) is 0 Å². The second-order valence-corrected chi connectivity index (χ2v) is 7.20. The van der Waals surface area contributed by atoms with Gasteiger partial charge in [0.1, 0.15) is 0 Å². The van der Waals surface area contributed by atoms with E-state index in [1.165, 1.54) is 38.5 Å². The Morgan fingerprint density at radius 1 is 1.09 bits per heavy atom. The maximum absolute atomic E-state index is 11.2. The van der Waals surface area contributed by atoms with Crippen molar-refractivity contribution < 1.29 is 47.3 Å². The third-order valence-corrected chi connectivity index (χ3v) is 4.40. The Bertz CT molecular complexity index is 412. The number of carbonyl (C=O) groups excluding carboxylic acids is 1. The first-order valence-corrected chi connectivity index (χ1v) is 9.83. The molecule has 0 spiro atoms. The molecule has 0 radical (unpaired) electrons. The summed E-state index contributed by atoms with van der Waals surface area (Å²) < 4.78 is 32.5. The molecule has 1 N–H and O–H groups in total. The summed E-state index contributed by atoms with van der Waals surface area (Å²) in [7, 11) is -4.34. The molecule has 0 fully saturated rings. The first kappa shape index (κ1) is 25.4. The van der Waals surface area contributed by atoms with E-state index in [-0.39, 0.29) is 29.6 Å². The Labute approximate surface area is 163 Å². The van der Waals surface area contributed by atoms with Gasteiger partial charge in [-0.3, -0.25) is 4.79 Å². The van der Waals surface area contributed by atoms with Gasteiger partial charge in [-0.15, -0.1) is 0 Å². The van der Waals surface area contributed by atoms with Gasteiger partial charge in [0.25, 0.3) is 0 Å². The van der Waals surface area contributed by atoms with Crippen LogP contribution in [0.1, 0.15) is 71.1 Å². The fourth-order valence-corrected chi connectivity index (χ4v) is 3.15. The van der Waals surface area contributed by atoms with Crippen LogP contribution in [0.2, 0.25) is 0 Å². The summed E-state index contributed by atoms with van der Waals surface area (Å²) in [4.78, 5) is 11.2. The molecule has 0 saturated carbocycles. The van der Waals surface area contributed by atoms with Crippen molar-refractivity contribution in [2.75, 3.05) is 5.75 Å². The van der Waals surface area contributed by atoms with Crippen LogP contribution in [0.5, 0.6) is 0 Å². The summed E-state index contributed by atoms with van der Waals surface area (Å²) in [5.41, 5.74) is 0. The topological polar surface area (TPSA) is 86.3 Å². The van der Waals surface area contributed by atoms with Gasteiger partial charge >= 0.3 is 29.6 Å². The van der Waals surface area contributed by atoms with Gasteiger partial charge in [-0.25, -0.2) is 8.42 Å². The van der Waals surface area contributed by atoms with Crippen molar-refractivity contribution >= 4 is 16.0 Å². The van der Waals surface area contributed by atoms with Crippen molar-refractivity contribution in [2.45, 2.75) is 77.2 Å². The van der Waals surface area contributed by atoms with Crippen LogP contribution < -0.4 is 34.9 Å². The molecule has 1 atom stereocenters. The van der Waals surface area contributed by atoms with Gasteiger partial charge in [0, 0.05) is 6.04 Å². The molecule has 0 heterocycles. The molecule has 0 saturated heterocycles. The third-order valence-electron chi connectivity index (χ3n) is 3.59. The average Bonchev–Trinajstić information content (AvgIpc) is 2.43. The van der Waals surface area contributed by atoms with Crippen LogP contribution >= 0.6 is 0 Å². The van der Waals surface area contributed by atoms with Crippen LogP contribution in [-0.2, 0) is 14.9 Å². The van der Waals surface area contributed by atoms with Crippen molar-refractivity contribution in [1.29, 1.82) is 0 Å². The molecule has 130 valence electrons. The predicted octanol–water partition coefficient (Wildman–Crippen LogP) is 0.127. The SMILES string of the molecule is C=CC(=O)NC(CCCCCCCCCCC)CS(=O)(=O)[O-].[Na+]. The monoisotopic (exact) mass is 355 g/mol. The fraction of sp³-hybridized carbons (Fsp3) is 0.812. The van der Waals surface area contributed by atoms with Crippen molar-refractivity contribution in [3.05, 3.63) is 12.7 Å². The molecule has 0 aromatic rings. The standard InChI is InChI=1S/C16H31NO4S.Na/c1-3-5-6-7-8-9-10-11-12-13-15(14-22(19,20)21)17-16(18)4-2;/h4,15H,2-3,5-14H2,1H3,(H,17,18)(H,19,20,21);/q;+1/p-1. The van der Waals surface area contributed by atoms with Crippen molar-refractivity contribution in [1.82, 2.24) is 5.32 Å². The number of nitrogens with one attached hydrogen (secondary N) is 1. The normalized spacial score (nSPS) is 12.3. The van der Waals surface area contributed by atoms with E-state index < -0.39 is 27.8 Å². The van der Waals surface area contributed by atoms with Gasteiger partial charge in [-0.1, -0.05) is 71.3 Å². The number of rotatable bonds is 14. The Hall–Kier alpha value is 0.120. The summed E-state index contributed by atoms with van der Waals surface area (Å²) in [6, 6.07) is -0.613. The number of amides is 1. The summed E-state index contributed by atoms with van der Waals surface area (Å²) in [5.74, 6) is -0.992. The molecule has 0 aliphatic heterocycles. The molecular formula is C16H30NNaO4S. The Kier molecular flexibility index (Phi) is 17.2. The molecule has 0 aliphatic rings. The quantitative estimate of drug-likeness (QED) is 0.208. The molecular weight excluding hydrogens is 325 g/mol. The second-order valence-electron chi connectivity index (χ2n) is 5.75. The van der Waals surface area contributed by atoms with E-state index in [9.17, 15) is 17.8 Å². The van der Waals surface area contributed by atoms with E-state index in [1.54, 1.807) is 0 Å². The maximum Gasteiger partial charge on any atom is 1.00 e. The average molecular weight is 355 g/mol. The van der Waals surface area contributed by atoms with Gasteiger partial charge in [0.2, 0.25) is 5.91 Å². The predicted molar refractivity (Wildman–Crippen MR) is 88.5 cm³/mol. The summed E-state index contributed by atoms with van der Waals surface area (Å²) in [5, 5.41) is 2.51. The molecule has 7 heteroatoms. The Balaban J connectivity index is 0.